The summed E-state index contributed by atoms with van der Waals surface area (Å²) in [5, 5.41) is 6.52. The fourth-order valence-electron chi connectivity index (χ4n) is 3.07. The van der Waals surface area contributed by atoms with Gasteiger partial charge in [-0.2, -0.15) is 0 Å². The summed E-state index contributed by atoms with van der Waals surface area (Å²) >= 11 is 0. The largest absolute Gasteiger partial charge is 0.310 e. The maximum Gasteiger partial charge on any atom is 0.0334 e. The minimum atomic E-state index is 0.314. The van der Waals surface area contributed by atoms with Crippen LogP contribution in [-0.4, -0.2) is 6.54 Å². The van der Waals surface area contributed by atoms with E-state index in [1.807, 2.05) is 0 Å². The number of aryl methyl sites for hydroxylation is 1. The number of fused-ring (bicyclic) bond motifs is 1. The number of benzene rings is 2. The molecule has 2 aromatic rings. The lowest BCUT2D eigenvalue weighted by Crippen LogP contribution is -2.27. The maximum absolute atomic E-state index is 3.78. The first kappa shape index (κ1) is 16.0. The molecule has 2 rings (SSSR count). The van der Waals surface area contributed by atoms with Crippen LogP contribution in [-0.2, 0) is 0 Å². The molecule has 0 aliphatic heterocycles. The zero-order chi connectivity index (χ0) is 15.5. The van der Waals surface area contributed by atoms with Crippen LogP contribution in [0.2, 0.25) is 0 Å². The van der Waals surface area contributed by atoms with E-state index in [1.54, 1.807) is 0 Å². The van der Waals surface area contributed by atoms with E-state index in [0.29, 0.717) is 11.5 Å². The van der Waals surface area contributed by atoms with Gasteiger partial charge in [0.2, 0.25) is 0 Å². The van der Waals surface area contributed by atoms with Gasteiger partial charge in [0.25, 0.3) is 0 Å². The normalized spacial score (nSPS) is 13.6. The number of hydrogen-bond acceptors (Lipinski definition) is 1. The van der Waals surface area contributed by atoms with Crippen LogP contribution < -0.4 is 5.32 Å². The molecule has 1 heteroatoms. The van der Waals surface area contributed by atoms with Crippen molar-refractivity contribution in [3.63, 3.8) is 0 Å². The summed E-state index contributed by atoms with van der Waals surface area (Å²) < 4.78 is 0. The van der Waals surface area contributed by atoms with Gasteiger partial charge in [-0.25, -0.2) is 0 Å². The Morgan fingerprint density at radius 3 is 2.43 bits per heavy atom. The average molecular weight is 283 g/mol. The molecule has 0 amide bonds. The Hall–Kier alpha value is -1.34. The van der Waals surface area contributed by atoms with Gasteiger partial charge in [0.15, 0.2) is 0 Å². The van der Waals surface area contributed by atoms with E-state index in [9.17, 15) is 0 Å². The van der Waals surface area contributed by atoms with Crippen LogP contribution in [0.3, 0.4) is 0 Å². The first-order valence-electron chi connectivity index (χ1n) is 8.14. The van der Waals surface area contributed by atoms with Gasteiger partial charge in [0.05, 0.1) is 0 Å². The minimum absolute atomic E-state index is 0.314. The predicted molar refractivity (Wildman–Crippen MR) is 93.8 cm³/mol. The molecule has 1 N–H and O–H groups in total. The van der Waals surface area contributed by atoms with Crippen LogP contribution in [0.4, 0.5) is 0 Å². The average Bonchev–Trinajstić information content (AvgIpc) is 2.42. The van der Waals surface area contributed by atoms with Crippen molar-refractivity contribution in [1.82, 2.24) is 5.32 Å². The molecule has 0 aliphatic carbocycles. The lowest BCUT2D eigenvalue weighted by Gasteiger charge is -2.29. The molecule has 1 nitrogen and oxygen atoms in total. The minimum Gasteiger partial charge on any atom is -0.310 e. The Labute approximate surface area is 129 Å². The monoisotopic (exact) mass is 283 g/mol. The van der Waals surface area contributed by atoms with E-state index in [2.05, 4.69) is 76.3 Å². The van der Waals surface area contributed by atoms with Gasteiger partial charge < -0.3 is 5.32 Å². The Balaban J connectivity index is 2.49. The Bertz CT molecular complexity index is 592. The van der Waals surface area contributed by atoms with Crippen molar-refractivity contribution in [3.8, 4) is 0 Å². The summed E-state index contributed by atoms with van der Waals surface area (Å²) in [6.07, 6.45) is 2.33. The summed E-state index contributed by atoms with van der Waals surface area (Å²) in [6, 6.07) is 13.7. The Kier molecular flexibility index (Phi) is 5.05. The van der Waals surface area contributed by atoms with Gasteiger partial charge in [-0.05, 0) is 53.6 Å². The van der Waals surface area contributed by atoms with Gasteiger partial charge in [0, 0.05) is 6.04 Å². The first-order chi connectivity index (χ1) is 9.92. The van der Waals surface area contributed by atoms with E-state index in [0.717, 1.165) is 13.0 Å². The zero-order valence-corrected chi connectivity index (χ0v) is 14.2. The SMILES string of the molecule is CCCNC(CC(C)(C)C)c1c(C)ccc2ccccc12. The second-order valence-electron chi connectivity index (χ2n) is 7.29. The molecule has 0 fully saturated rings. The van der Waals surface area contributed by atoms with Crippen molar-refractivity contribution >= 4 is 10.8 Å². The molecular formula is C20H29N. The summed E-state index contributed by atoms with van der Waals surface area (Å²) in [5.74, 6) is 0. The fraction of sp³-hybridized carbons (Fsp3) is 0.500. The van der Waals surface area contributed by atoms with Crippen LogP contribution in [0.15, 0.2) is 36.4 Å². The van der Waals surface area contributed by atoms with E-state index in [1.165, 1.54) is 28.3 Å². The van der Waals surface area contributed by atoms with Gasteiger partial charge in [-0.15, -0.1) is 0 Å². The third-order valence-electron chi connectivity index (χ3n) is 3.99. The Morgan fingerprint density at radius 2 is 1.76 bits per heavy atom. The van der Waals surface area contributed by atoms with Crippen LogP contribution in [0.1, 0.15) is 57.7 Å². The lowest BCUT2D eigenvalue weighted by atomic mass is 9.82. The lowest BCUT2D eigenvalue weighted by molar-refractivity contribution is 0.312. The molecule has 0 bridgehead atoms. The molecule has 2 aromatic carbocycles. The van der Waals surface area contributed by atoms with Gasteiger partial charge in [-0.1, -0.05) is 64.1 Å². The number of hydrogen-bond donors (Lipinski definition) is 1. The second kappa shape index (κ2) is 6.62. The quantitative estimate of drug-likeness (QED) is 0.750. The van der Waals surface area contributed by atoms with Crippen molar-refractivity contribution in [3.05, 3.63) is 47.5 Å². The van der Waals surface area contributed by atoms with Crippen LogP contribution in [0.25, 0.3) is 10.8 Å². The second-order valence-corrected chi connectivity index (χ2v) is 7.29. The molecule has 114 valence electrons. The topological polar surface area (TPSA) is 12.0 Å². The molecule has 0 saturated carbocycles. The first-order valence-corrected chi connectivity index (χ1v) is 8.14. The van der Waals surface area contributed by atoms with Crippen molar-refractivity contribution in [2.45, 2.75) is 53.5 Å². The van der Waals surface area contributed by atoms with Gasteiger partial charge in [0.1, 0.15) is 0 Å². The Morgan fingerprint density at radius 1 is 1.05 bits per heavy atom. The fourth-order valence-corrected chi connectivity index (χ4v) is 3.07. The zero-order valence-electron chi connectivity index (χ0n) is 14.2. The molecule has 1 atom stereocenters. The highest BCUT2D eigenvalue weighted by Gasteiger charge is 2.22. The molecule has 0 aromatic heterocycles. The van der Waals surface area contributed by atoms with E-state index >= 15 is 0 Å². The van der Waals surface area contributed by atoms with Crippen molar-refractivity contribution in [2.75, 3.05) is 6.54 Å². The highest BCUT2D eigenvalue weighted by atomic mass is 14.9. The summed E-state index contributed by atoms with van der Waals surface area (Å²) in [4.78, 5) is 0. The standard InChI is InChI=1S/C20H29N/c1-6-13-21-18(14-20(3,4)5)19-15(2)11-12-16-9-7-8-10-17(16)19/h7-12,18,21H,6,13-14H2,1-5H3. The predicted octanol–water partition coefficient (Wildman–Crippen LogP) is 5.63. The van der Waals surface area contributed by atoms with Crippen LogP contribution in [0, 0.1) is 12.3 Å². The smallest absolute Gasteiger partial charge is 0.0334 e. The summed E-state index contributed by atoms with van der Waals surface area (Å²) in [5.41, 5.74) is 3.19. The van der Waals surface area contributed by atoms with Crippen LogP contribution in [0.5, 0.6) is 0 Å². The molecular weight excluding hydrogens is 254 g/mol. The molecule has 0 spiro atoms. The molecule has 21 heavy (non-hydrogen) atoms. The maximum atomic E-state index is 3.78. The highest BCUT2D eigenvalue weighted by molar-refractivity contribution is 5.87. The summed E-state index contributed by atoms with van der Waals surface area (Å²) in [7, 11) is 0. The van der Waals surface area contributed by atoms with Gasteiger partial charge in [-0.3, -0.25) is 0 Å². The third-order valence-corrected chi connectivity index (χ3v) is 3.99. The highest BCUT2D eigenvalue weighted by Crippen LogP contribution is 2.35. The summed E-state index contributed by atoms with van der Waals surface area (Å²) in [6.45, 7) is 12.5. The van der Waals surface area contributed by atoms with Gasteiger partial charge >= 0.3 is 0 Å². The molecule has 0 radical (unpaired) electrons. The van der Waals surface area contributed by atoms with E-state index in [-0.39, 0.29) is 0 Å². The van der Waals surface area contributed by atoms with E-state index < -0.39 is 0 Å². The number of rotatable bonds is 5. The van der Waals surface area contributed by atoms with Crippen molar-refractivity contribution < 1.29 is 0 Å². The van der Waals surface area contributed by atoms with E-state index in [4.69, 9.17) is 0 Å². The van der Waals surface area contributed by atoms with Crippen LogP contribution >= 0.6 is 0 Å². The van der Waals surface area contributed by atoms with Crippen molar-refractivity contribution in [1.29, 1.82) is 0 Å². The molecule has 0 saturated heterocycles. The van der Waals surface area contributed by atoms with Crippen molar-refractivity contribution in [2.24, 2.45) is 5.41 Å². The third kappa shape index (κ3) is 4.07. The molecule has 1 unspecified atom stereocenters. The molecule has 0 heterocycles. The number of nitrogens with one attached hydrogen (secondary N) is 1. The molecule has 0 aliphatic rings.